The molecule has 0 aliphatic rings. The van der Waals surface area contributed by atoms with Gasteiger partial charge in [0.2, 0.25) is 0 Å². The van der Waals surface area contributed by atoms with Crippen molar-refractivity contribution < 1.29 is 9.47 Å². The number of halogens is 1. The van der Waals surface area contributed by atoms with Crippen molar-refractivity contribution in [3.05, 3.63) is 53.1 Å². The fraction of sp³-hybridized carbons (Fsp3) is 0.294. The molecule has 0 aromatic heterocycles. The molecule has 2 aromatic rings. The van der Waals surface area contributed by atoms with Gasteiger partial charge < -0.3 is 14.8 Å². The van der Waals surface area contributed by atoms with E-state index in [1.54, 1.807) is 14.2 Å². The van der Waals surface area contributed by atoms with Crippen LogP contribution in [0.4, 0.5) is 5.69 Å². The van der Waals surface area contributed by atoms with Crippen LogP contribution >= 0.6 is 12.4 Å². The molecule has 2 aromatic carbocycles. The lowest BCUT2D eigenvalue weighted by Crippen LogP contribution is -2.02. The van der Waals surface area contributed by atoms with Gasteiger partial charge in [-0.15, -0.1) is 12.4 Å². The summed E-state index contributed by atoms with van der Waals surface area (Å²) in [5, 5.41) is 3.42. The number of ether oxygens (including phenoxy) is 2. The fourth-order valence-corrected chi connectivity index (χ4v) is 2.05. The highest BCUT2D eigenvalue weighted by atomic mass is 35.5. The number of hydrogen-bond donors (Lipinski definition) is 1. The molecule has 1 N–H and O–H groups in total. The highest BCUT2D eigenvalue weighted by Crippen LogP contribution is 2.25. The SMILES string of the molecule is COc1ccc(CNc2ccc(C)c(C)c2)c(OC)c1.Cl. The predicted octanol–water partition coefficient (Wildman–Crippen LogP) is 4.35. The van der Waals surface area contributed by atoms with Crippen LogP contribution in [-0.4, -0.2) is 14.2 Å². The van der Waals surface area contributed by atoms with Crippen molar-refractivity contribution in [3.63, 3.8) is 0 Å². The molecule has 2 rings (SSSR count). The van der Waals surface area contributed by atoms with Gasteiger partial charge in [-0.1, -0.05) is 6.07 Å². The van der Waals surface area contributed by atoms with E-state index in [4.69, 9.17) is 9.47 Å². The number of methoxy groups -OCH3 is 2. The van der Waals surface area contributed by atoms with Crippen molar-refractivity contribution in [3.8, 4) is 11.5 Å². The van der Waals surface area contributed by atoms with E-state index < -0.39 is 0 Å². The van der Waals surface area contributed by atoms with Gasteiger partial charge in [0.1, 0.15) is 11.5 Å². The Morgan fingerprint density at radius 1 is 0.905 bits per heavy atom. The lowest BCUT2D eigenvalue weighted by Gasteiger charge is -2.13. The van der Waals surface area contributed by atoms with E-state index in [0.717, 1.165) is 29.3 Å². The zero-order valence-electron chi connectivity index (χ0n) is 12.9. The molecule has 3 nitrogen and oxygen atoms in total. The third-order valence-corrected chi connectivity index (χ3v) is 3.48. The van der Waals surface area contributed by atoms with E-state index in [0.29, 0.717) is 0 Å². The number of anilines is 1. The van der Waals surface area contributed by atoms with Crippen LogP contribution in [-0.2, 0) is 6.54 Å². The molecule has 0 aliphatic carbocycles. The molecule has 0 saturated heterocycles. The minimum absolute atomic E-state index is 0. The second kappa shape index (κ2) is 7.79. The molecule has 0 saturated carbocycles. The lowest BCUT2D eigenvalue weighted by molar-refractivity contribution is 0.391. The molecule has 0 atom stereocenters. The maximum absolute atomic E-state index is 5.40. The van der Waals surface area contributed by atoms with Crippen molar-refractivity contribution in [2.75, 3.05) is 19.5 Å². The quantitative estimate of drug-likeness (QED) is 0.890. The largest absolute Gasteiger partial charge is 0.497 e. The van der Waals surface area contributed by atoms with E-state index in [-0.39, 0.29) is 12.4 Å². The summed E-state index contributed by atoms with van der Waals surface area (Å²) in [4.78, 5) is 0. The van der Waals surface area contributed by atoms with Crippen LogP contribution in [0.3, 0.4) is 0 Å². The van der Waals surface area contributed by atoms with Crippen molar-refractivity contribution >= 4 is 18.1 Å². The van der Waals surface area contributed by atoms with Crippen LogP contribution in [0.15, 0.2) is 36.4 Å². The topological polar surface area (TPSA) is 30.5 Å². The molecule has 4 heteroatoms. The van der Waals surface area contributed by atoms with Gasteiger partial charge in [-0.2, -0.15) is 0 Å². The molecule has 114 valence electrons. The summed E-state index contributed by atoms with van der Waals surface area (Å²) in [6.45, 7) is 4.95. The molecule has 0 heterocycles. The molecule has 0 unspecified atom stereocenters. The number of rotatable bonds is 5. The Balaban J connectivity index is 0.00000220. The fourth-order valence-electron chi connectivity index (χ4n) is 2.05. The molecule has 0 spiro atoms. The average molecular weight is 308 g/mol. The van der Waals surface area contributed by atoms with Crippen molar-refractivity contribution in [2.45, 2.75) is 20.4 Å². The normalized spacial score (nSPS) is 9.71. The van der Waals surface area contributed by atoms with E-state index >= 15 is 0 Å². The van der Waals surface area contributed by atoms with Gasteiger partial charge in [0.25, 0.3) is 0 Å². The van der Waals surface area contributed by atoms with Gasteiger partial charge in [0.15, 0.2) is 0 Å². The monoisotopic (exact) mass is 307 g/mol. The summed E-state index contributed by atoms with van der Waals surface area (Å²) in [6.07, 6.45) is 0. The molecule has 21 heavy (non-hydrogen) atoms. The third-order valence-electron chi connectivity index (χ3n) is 3.48. The molecule has 0 aliphatic heterocycles. The first-order valence-electron chi connectivity index (χ1n) is 6.66. The van der Waals surface area contributed by atoms with Crippen LogP contribution in [0.5, 0.6) is 11.5 Å². The summed E-state index contributed by atoms with van der Waals surface area (Å²) in [5.74, 6) is 1.64. The highest BCUT2D eigenvalue weighted by Gasteiger charge is 2.05. The molecular weight excluding hydrogens is 286 g/mol. The lowest BCUT2D eigenvalue weighted by atomic mass is 10.1. The van der Waals surface area contributed by atoms with Crippen LogP contribution < -0.4 is 14.8 Å². The molecule has 0 radical (unpaired) electrons. The summed E-state index contributed by atoms with van der Waals surface area (Å²) >= 11 is 0. The summed E-state index contributed by atoms with van der Waals surface area (Å²) in [7, 11) is 3.33. The van der Waals surface area contributed by atoms with Gasteiger partial charge in [-0.05, 0) is 49.2 Å². The van der Waals surface area contributed by atoms with E-state index in [1.165, 1.54) is 11.1 Å². The van der Waals surface area contributed by atoms with E-state index in [9.17, 15) is 0 Å². The number of aryl methyl sites for hydroxylation is 2. The van der Waals surface area contributed by atoms with Gasteiger partial charge in [0.05, 0.1) is 14.2 Å². The first kappa shape index (κ1) is 17.2. The summed E-state index contributed by atoms with van der Waals surface area (Å²) < 4.78 is 10.6. The van der Waals surface area contributed by atoms with Gasteiger partial charge in [0, 0.05) is 23.9 Å². The minimum Gasteiger partial charge on any atom is -0.497 e. The predicted molar refractivity (Wildman–Crippen MR) is 90.0 cm³/mol. The highest BCUT2D eigenvalue weighted by molar-refractivity contribution is 5.85. The maximum Gasteiger partial charge on any atom is 0.127 e. The van der Waals surface area contributed by atoms with Crippen molar-refractivity contribution in [1.29, 1.82) is 0 Å². The van der Waals surface area contributed by atoms with Gasteiger partial charge in [-0.25, -0.2) is 0 Å². The Labute approximate surface area is 132 Å². The zero-order chi connectivity index (χ0) is 14.5. The van der Waals surface area contributed by atoms with Gasteiger partial charge >= 0.3 is 0 Å². The van der Waals surface area contributed by atoms with Crippen molar-refractivity contribution in [2.24, 2.45) is 0 Å². The number of benzene rings is 2. The third kappa shape index (κ3) is 4.30. The number of hydrogen-bond acceptors (Lipinski definition) is 3. The van der Waals surface area contributed by atoms with Gasteiger partial charge in [-0.3, -0.25) is 0 Å². The van der Waals surface area contributed by atoms with Crippen molar-refractivity contribution in [1.82, 2.24) is 0 Å². The van der Waals surface area contributed by atoms with Crippen LogP contribution in [0.1, 0.15) is 16.7 Å². The van der Waals surface area contributed by atoms with Crippen LogP contribution in [0.2, 0.25) is 0 Å². The van der Waals surface area contributed by atoms with E-state index in [1.807, 2.05) is 18.2 Å². The second-order valence-electron chi connectivity index (χ2n) is 4.83. The van der Waals surface area contributed by atoms with Crippen LogP contribution in [0.25, 0.3) is 0 Å². The Morgan fingerprint density at radius 3 is 2.29 bits per heavy atom. The van der Waals surface area contributed by atoms with E-state index in [2.05, 4.69) is 37.4 Å². The molecule has 0 amide bonds. The zero-order valence-corrected chi connectivity index (χ0v) is 13.7. The Morgan fingerprint density at radius 2 is 1.67 bits per heavy atom. The summed E-state index contributed by atoms with van der Waals surface area (Å²) in [6, 6.07) is 12.2. The Kier molecular flexibility index (Phi) is 6.38. The first-order chi connectivity index (χ1) is 9.63. The molecular formula is C17H22ClNO2. The Hall–Kier alpha value is -1.87. The van der Waals surface area contributed by atoms with Crippen LogP contribution in [0, 0.1) is 13.8 Å². The maximum atomic E-state index is 5.40. The first-order valence-corrected chi connectivity index (χ1v) is 6.66. The minimum atomic E-state index is 0. The summed E-state index contributed by atoms with van der Waals surface area (Å²) in [5.41, 5.74) is 4.81. The number of nitrogens with one attached hydrogen (secondary N) is 1. The average Bonchev–Trinajstić information content (AvgIpc) is 2.48. The second-order valence-corrected chi connectivity index (χ2v) is 4.83. The smallest absolute Gasteiger partial charge is 0.127 e. The molecule has 0 bridgehead atoms. The molecule has 0 fully saturated rings. The standard InChI is InChI=1S/C17H21NO2.ClH/c1-12-5-7-15(9-13(12)2)18-11-14-6-8-16(19-3)10-17(14)20-4;/h5-10,18H,11H2,1-4H3;1H. The Bertz CT molecular complexity index is 599.